The molecule has 1 spiro atoms. The predicted octanol–water partition coefficient (Wildman–Crippen LogP) is 7.47. The predicted molar refractivity (Wildman–Crippen MR) is 145 cm³/mol. The summed E-state index contributed by atoms with van der Waals surface area (Å²) < 4.78 is 8.02. The Morgan fingerprint density at radius 1 is 0.778 bits per heavy atom. The second-order valence-electron chi connectivity index (χ2n) is 17.3. The number of aryl methyl sites for hydroxylation is 4. The monoisotopic (exact) mass is 537 g/mol. The van der Waals surface area contributed by atoms with E-state index in [4.69, 9.17) is 9.73 Å². The molecular formula is C32H36FeNOP. The van der Waals surface area contributed by atoms with Crippen molar-refractivity contribution in [3.63, 3.8) is 0 Å². The van der Waals surface area contributed by atoms with Crippen LogP contribution in [-0.4, -0.2) is 22.6 Å². The number of nitrogens with zero attached hydrogens (tertiary/aromatic N) is 1. The molecule has 10 saturated heterocycles. The zero-order chi connectivity index (χ0) is 24.1. The SMILES string of the molecule is Cc1cc(C)cc(P(c2cc(C)cc(C)c2)[C]23[CH]4[CH]5[CH]6[C]2(C2=NC(C(C)C)CO2)[Fe]56432789[CH]3[CH]2[CH]7[CH]8[CH]39)c1. The molecule has 0 amide bonds. The molecule has 0 saturated carbocycles. The number of rotatable bonds is 5. The number of benzene rings is 2. The van der Waals surface area contributed by atoms with Gasteiger partial charge >= 0.3 is 206 Å². The van der Waals surface area contributed by atoms with Gasteiger partial charge in [0.1, 0.15) is 0 Å². The fourth-order valence-corrected chi connectivity index (χ4v) is 111. The van der Waals surface area contributed by atoms with E-state index >= 15 is 0 Å². The average Bonchev–Trinajstić information content (AvgIpc) is 3.68. The molecule has 13 rings (SSSR count). The van der Waals surface area contributed by atoms with Gasteiger partial charge in [0.2, 0.25) is 0 Å². The first-order valence-corrected chi connectivity index (χ1v) is 21.9. The third-order valence-electron chi connectivity index (χ3n) is 19.8. The molecule has 0 radical (unpaired) electrons. The molecular weight excluding hydrogens is 501 g/mol. The standard InChI is InChI=1S/C27H31NOP.C5H5.Fe/c1-17(2)25-16-29-27(28-25)24-8-7-9-26(24)30(22-12-18(3)10-19(4)13-22)23-14-20(5)11-21(6)15-23;1-2-4-5-3-1;/h7-15,17,25H,16H2,1-6H3;1-5H;. The normalized spacial score (nSPS) is 68.8. The van der Waals surface area contributed by atoms with E-state index in [1.807, 2.05) is 0 Å². The third kappa shape index (κ3) is 0.417. The molecule has 0 aromatic heterocycles. The van der Waals surface area contributed by atoms with E-state index in [9.17, 15) is 0 Å². The number of hydrogen-bond acceptors (Lipinski definition) is 2. The van der Waals surface area contributed by atoms with Crippen LogP contribution in [0.5, 0.6) is 0 Å². The van der Waals surface area contributed by atoms with Gasteiger partial charge in [-0.3, -0.25) is 0 Å². The van der Waals surface area contributed by atoms with Gasteiger partial charge in [-0.2, -0.15) is 0 Å². The van der Waals surface area contributed by atoms with Crippen LogP contribution in [0.25, 0.3) is 0 Å². The van der Waals surface area contributed by atoms with Crippen molar-refractivity contribution in [2.45, 2.75) is 94.5 Å². The van der Waals surface area contributed by atoms with Gasteiger partial charge in [-0.05, 0) is 0 Å². The van der Waals surface area contributed by atoms with Crippen molar-refractivity contribution in [2.24, 2.45) is 10.9 Å². The van der Waals surface area contributed by atoms with Crippen molar-refractivity contribution in [3.8, 4) is 0 Å². The van der Waals surface area contributed by atoms with Crippen LogP contribution >= 0.6 is 7.92 Å². The molecule has 0 bridgehead atoms. The van der Waals surface area contributed by atoms with Crippen molar-refractivity contribution >= 4 is 24.4 Å². The molecule has 36 heavy (non-hydrogen) atoms. The molecule has 6 unspecified atom stereocenters. The Morgan fingerprint density at radius 2 is 1.28 bits per heavy atom. The molecule has 2 aromatic rings. The van der Waals surface area contributed by atoms with E-state index in [2.05, 4.69) is 77.9 Å². The van der Waals surface area contributed by atoms with E-state index < -0.39 is 6.51 Å². The van der Waals surface area contributed by atoms with Gasteiger partial charge in [-0.25, -0.2) is 0 Å². The summed E-state index contributed by atoms with van der Waals surface area (Å²) in [5.41, 5.74) is 5.82. The number of ether oxygens (including phenoxy) is 1. The minimum atomic E-state index is -3.84. The number of fused-ring (bicyclic) bond motifs is 10. The Balaban J connectivity index is 1.18. The van der Waals surface area contributed by atoms with Crippen molar-refractivity contribution in [3.05, 3.63) is 58.7 Å². The molecule has 10 fully saturated rings. The summed E-state index contributed by atoms with van der Waals surface area (Å²) in [5, 5.41) is 3.41. The summed E-state index contributed by atoms with van der Waals surface area (Å²) in [4.78, 5) is 15.3. The molecule has 0 aliphatic carbocycles. The van der Waals surface area contributed by atoms with Gasteiger partial charge in [-0.1, -0.05) is 0 Å². The van der Waals surface area contributed by atoms with E-state index in [1.165, 1.54) is 61.9 Å². The van der Waals surface area contributed by atoms with Crippen molar-refractivity contribution in [1.82, 2.24) is 0 Å². The molecule has 11 aliphatic heterocycles. The summed E-state index contributed by atoms with van der Waals surface area (Å²) in [7, 11) is -0.388. The average molecular weight is 537 g/mol. The molecule has 11 heterocycles. The first-order chi connectivity index (χ1) is 17.0. The van der Waals surface area contributed by atoms with Gasteiger partial charge < -0.3 is 0 Å². The fraction of sp³-hybridized carbons (Fsp3) is 0.594. The minimum absolute atomic E-state index is 0.388. The van der Waals surface area contributed by atoms with Crippen LogP contribution < -0.4 is 10.6 Å². The zero-order valence-corrected chi connectivity index (χ0v) is 24.1. The summed E-state index contributed by atoms with van der Waals surface area (Å²) in [6, 6.07) is 15.6. The Labute approximate surface area is 205 Å². The van der Waals surface area contributed by atoms with Crippen LogP contribution in [0.2, 0.25) is 42.8 Å². The zero-order valence-electron chi connectivity index (χ0n) is 22.1. The molecule has 2 nitrogen and oxygen atoms in total. The maximum atomic E-state index is 6.89. The van der Waals surface area contributed by atoms with Crippen LogP contribution in [0.1, 0.15) is 36.1 Å². The van der Waals surface area contributed by atoms with Crippen LogP contribution in [0.15, 0.2) is 41.4 Å². The number of hydrogen-bond donors (Lipinski definition) is 0. The van der Waals surface area contributed by atoms with Gasteiger partial charge in [-0.15, -0.1) is 0 Å². The van der Waals surface area contributed by atoms with E-state index in [0.717, 1.165) is 11.4 Å². The summed E-state index contributed by atoms with van der Waals surface area (Å²) in [5.74, 6) is 1.97. The Hall–Kier alpha value is -1.14. The topological polar surface area (TPSA) is 21.6 Å². The van der Waals surface area contributed by atoms with E-state index in [1.54, 1.807) is 10.6 Å². The van der Waals surface area contributed by atoms with Crippen molar-refractivity contribution in [1.29, 1.82) is 0 Å². The number of aliphatic imine (C=N–C) groups is 1. The summed E-state index contributed by atoms with van der Waals surface area (Å²) in [6.45, 7) is 11.1. The first-order valence-electron chi connectivity index (χ1n) is 14.4. The van der Waals surface area contributed by atoms with Gasteiger partial charge in [0, 0.05) is 0 Å². The Kier molecular flexibility index (Phi) is 1.31. The van der Waals surface area contributed by atoms with Crippen molar-refractivity contribution < 1.29 is 11.2 Å². The second kappa shape index (κ2) is 2.59. The second-order valence-corrected chi connectivity index (χ2v) is 43.3. The quantitative estimate of drug-likeness (QED) is 0.286. The van der Waals surface area contributed by atoms with E-state index in [0.29, 0.717) is 20.3 Å². The fourth-order valence-electron chi connectivity index (χ4n) is 21.3. The van der Waals surface area contributed by atoms with Crippen LogP contribution in [0, 0.1) is 33.6 Å². The van der Waals surface area contributed by atoms with E-state index in [-0.39, 0.29) is 7.92 Å². The first kappa shape index (κ1) is 18.2. The molecule has 188 valence electrons. The van der Waals surface area contributed by atoms with Crippen LogP contribution in [0.4, 0.5) is 0 Å². The molecule has 2 aromatic carbocycles. The van der Waals surface area contributed by atoms with Crippen LogP contribution in [-0.2, 0) is 11.2 Å². The van der Waals surface area contributed by atoms with Gasteiger partial charge in [0.05, 0.1) is 0 Å². The van der Waals surface area contributed by atoms with Gasteiger partial charge in [0.25, 0.3) is 0 Å². The van der Waals surface area contributed by atoms with Crippen molar-refractivity contribution in [2.75, 3.05) is 6.61 Å². The molecule has 11 aliphatic rings. The summed E-state index contributed by atoms with van der Waals surface area (Å²) >= 11 is 0. The molecule has 4 heteroatoms. The Morgan fingerprint density at radius 3 is 1.67 bits per heavy atom. The van der Waals surface area contributed by atoms with Crippen LogP contribution in [0.3, 0.4) is 0 Å². The summed E-state index contributed by atoms with van der Waals surface area (Å²) in [6.07, 6.45) is 0. The molecule has 6 atom stereocenters. The molecule has 0 N–H and O–H groups in total. The maximum absolute atomic E-state index is 6.89. The van der Waals surface area contributed by atoms with Gasteiger partial charge in [0.15, 0.2) is 0 Å². The Bertz CT molecular complexity index is 1880. The third-order valence-corrected chi connectivity index (χ3v) is 69.4.